The van der Waals surface area contributed by atoms with Crippen LogP contribution in [0.1, 0.15) is 51.9 Å². The van der Waals surface area contributed by atoms with Gasteiger partial charge in [0.2, 0.25) is 0 Å². The number of hydrogen-bond donors (Lipinski definition) is 1. The second-order valence-electron chi connectivity index (χ2n) is 5.76. The normalized spacial score (nSPS) is 37.5. The first-order chi connectivity index (χ1) is 7.85. The number of piperidine rings is 1. The molecule has 2 nitrogen and oxygen atoms in total. The summed E-state index contributed by atoms with van der Waals surface area (Å²) in [5.41, 5.74) is 5.84. The van der Waals surface area contributed by atoms with Crippen LogP contribution in [0.2, 0.25) is 0 Å². The third-order valence-electron chi connectivity index (χ3n) is 4.75. The van der Waals surface area contributed by atoms with Gasteiger partial charge in [0, 0.05) is 12.6 Å². The largest absolute Gasteiger partial charge is 0.330 e. The Bertz CT molecular complexity index is 205. The number of rotatable bonds is 3. The van der Waals surface area contributed by atoms with Crippen molar-refractivity contribution in [3.8, 4) is 0 Å². The number of likely N-dealkylation sites (tertiary alicyclic amines) is 1. The lowest BCUT2D eigenvalue weighted by atomic mass is 9.80. The molecule has 0 bridgehead atoms. The van der Waals surface area contributed by atoms with Gasteiger partial charge in [0.25, 0.3) is 0 Å². The predicted molar refractivity (Wildman–Crippen MR) is 69.4 cm³/mol. The molecule has 2 rings (SSSR count). The molecule has 2 fully saturated rings. The zero-order chi connectivity index (χ0) is 11.4. The van der Waals surface area contributed by atoms with Gasteiger partial charge in [0.05, 0.1) is 0 Å². The summed E-state index contributed by atoms with van der Waals surface area (Å²) < 4.78 is 0. The Morgan fingerprint density at radius 2 is 1.94 bits per heavy atom. The van der Waals surface area contributed by atoms with Gasteiger partial charge in [-0.25, -0.2) is 0 Å². The van der Waals surface area contributed by atoms with Gasteiger partial charge in [-0.15, -0.1) is 0 Å². The van der Waals surface area contributed by atoms with E-state index in [0.717, 1.165) is 24.4 Å². The monoisotopic (exact) mass is 224 g/mol. The van der Waals surface area contributed by atoms with Crippen molar-refractivity contribution in [1.29, 1.82) is 0 Å². The van der Waals surface area contributed by atoms with Crippen molar-refractivity contribution < 1.29 is 0 Å². The lowest BCUT2D eigenvalue weighted by Crippen LogP contribution is -2.48. The molecule has 0 aromatic heterocycles. The second kappa shape index (κ2) is 6.02. The Balaban J connectivity index is 1.93. The van der Waals surface area contributed by atoms with E-state index in [1.807, 2.05) is 0 Å². The Labute approximate surface area is 101 Å². The average molecular weight is 224 g/mol. The van der Waals surface area contributed by atoms with Crippen LogP contribution in [0.4, 0.5) is 0 Å². The summed E-state index contributed by atoms with van der Waals surface area (Å²) in [5, 5.41) is 0. The van der Waals surface area contributed by atoms with Crippen LogP contribution in [-0.2, 0) is 0 Å². The van der Waals surface area contributed by atoms with E-state index in [9.17, 15) is 0 Å². The maximum absolute atomic E-state index is 5.84. The molecule has 1 saturated heterocycles. The quantitative estimate of drug-likeness (QED) is 0.798. The first-order valence-corrected chi connectivity index (χ1v) is 7.29. The minimum atomic E-state index is 0.771. The minimum absolute atomic E-state index is 0.771. The average Bonchev–Trinajstić information content (AvgIpc) is 2.38. The van der Waals surface area contributed by atoms with E-state index >= 15 is 0 Å². The van der Waals surface area contributed by atoms with Crippen molar-refractivity contribution in [1.82, 2.24) is 4.90 Å². The van der Waals surface area contributed by atoms with Gasteiger partial charge in [-0.1, -0.05) is 26.2 Å². The van der Waals surface area contributed by atoms with Crippen LogP contribution < -0.4 is 5.73 Å². The van der Waals surface area contributed by atoms with Crippen molar-refractivity contribution in [3.63, 3.8) is 0 Å². The number of hydrogen-bond acceptors (Lipinski definition) is 2. The molecule has 1 saturated carbocycles. The van der Waals surface area contributed by atoms with Crippen LogP contribution in [-0.4, -0.2) is 30.6 Å². The molecule has 16 heavy (non-hydrogen) atoms. The zero-order valence-corrected chi connectivity index (χ0v) is 10.8. The summed E-state index contributed by atoms with van der Waals surface area (Å²) in [5.74, 6) is 1.73. The minimum Gasteiger partial charge on any atom is -0.330 e. The molecule has 0 aromatic carbocycles. The molecule has 1 aliphatic heterocycles. The van der Waals surface area contributed by atoms with E-state index in [2.05, 4.69) is 11.8 Å². The summed E-state index contributed by atoms with van der Waals surface area (Å²) in [6.45, 7) is 5.86. The first kappa shape index (κ1) is 12.4. The standard InChI is InChI=1S/C14H28N2/c1-2-13-7-3-4-8-14(13)16-9-5-6-12(10-15)11-16/h12-14H,2-11,15H2,1H3. The van der Waals surface area contributed by atoms with E-state index in [0.29, 0.717) is 0 Å². The molecule has 2 aliphatic rings. The third-order valence-corrected chi connectivity index (χ3v) is 4.75. The maximum Gasteiger partial charge on any atom is 0.0123 e. The SMILES string of the molecule is CCC1CCCCC1N1CCCC(CN)C1. The number of nitrogens with two attached hydrogens (primary N) is 1. The lowest BCUT2D eigenvalue weighted by Gasteiger charge is -2.43. The van der Waals surface area contributed by atoms with Crippen LogP contribution >= 0.6 is 0 Å². The fourth-order valence-electron chi connectivity index (χ4n) is 3.74. The molecule has 1 aliphatic carbocycles. The highest BCUT2D eigenvalue weighted by molar-refractivity contribution is 4.86. The highest BCUT2D eigenvalue weighted by atomic mass is 15.2. The van der Waals surface area contributed by atoms with Crippen molar-refractivity contribution in [2.45, 2.75) is 57.9 Å². The predicted octanol–water partition coefficient (Wildman–Crippen LogP) is 2.63. The van der Waals surface area contributed by atoms with Gasteiger partial charge >= 0.3 is 0 Å². The molecular formula is C14H28N2. The number of nitrogens with zero attached hydrogens (tertiary/aromatic N) is 1. The Kier molecular flexibility index (Phi) is 4.66. The fraction of sp³-hybridized carbons (Fsp3) is 1.00. The highest BCUT2D eigenvalue weighted by Crippen LogP contribution is 2.32. The molecule has 2 N–H and O–H groups in total. The van der Waals surface area contributed by atoms with Crippen molar-refractivity contribution >= 4 is 0 Å². The highest BCUT2D eigenvalue weighted by Gasteiger charge is 2.31. The van der Waals surface area contributed by atoms with E-state index < -0.39 is 0 Å². The molecule has 94 valence electrons. The van der Waals surface area contributed by atoms with Crippen molar-refractivity contribution in [3.05, 3.63) is 0 Å². The van der Waals surface area contributed by atoms with Gasteiger partial charge in [-0.05, 0) is 50.6 Å². The Morgan fingerprint density at radius 1 is 1.12 bits per heavy atom. The Hall–Kier alpha value is -0.0800. The maximum atomic E-state index is 5.84. The molecular weight excluding hydrogens is 196 g/mol. The van der Waals surface area contributed by atoms with Crippen LogP contribution in [0.5, 0.6) is 0 Å². The lowest BCUT2D eigenvalue weighted by molar-refractivity contribution is 0.0618. The zero-order valence-electron chi connectivity index (χ0n) is 10.8. The second-order valence-corrected chi connectivity index (χ2v) is 5.76. The summed E-state index contributed by atoms with van der Waals surface area (Å²) in [4.78, 5) is 2.77. The fourth-order valence-corrected chi connectivity index (χ4v) is 3.74. The van der Waals surface area contributed by atoms with Gasteiger partial charge in [0.1, 0.15) is 0 Å². The van der Waals surface area contributed by atoms with Crippen LogP contribution in [0.25, 0.3) is 0 Å². The van der Waals surface area contributed by atoms with Gasteiger partial charge in [-0.3, -0.25) is 4.90 Å². The molecule has 0 amide bonds. The van der Waals surface area contributed by atoms with Crippen molar-refractivity contribution in [2.24, 2.45) is 17.6 Å². The van der Waals surface area contributed by atoms with Gasteiger partial charge in [-0.2, -0.15) is 0 Å². The molecule has 3 atom stereocenters. The third kappa shape index (κ3) is 2.78. The topological polar surface area (TPSA) is 29.3 Å². The van der Waals surface area contributed by atoms with Crippen LogP contribution in [0, 0.1) is 11.8 Å². The molecule has 3 unspecified atom stereocenters. The van der Waals surface area contributed by atoms with Crippen molar-refractivity contribution in [2.75, 3.05) is 19.6 Å². The molecule has 0 radical (unpaired) electrons. The van der Waals surface area contributed by atoms with Crippen LogP contribution in [0.15, 0.2) is 0 Å². The van der Waals surface area contributed by atoms with Gasteiger partial charge < -0.3 is 5.73 Å². The molecule has 2 heteroatoms. The Morgan fingerprint density at radius 3 is 2.69 bits per heavy atom. The smallest absolute Gasteiger partial charge is 0.0123 e. The van der Waals surface area contributed by atoms with Crippen LogP contribution in [0.3, 0.4) is 0 Å². The van der Waals surface area contributed by atoms with E-state index in [-0.39, 0.29) is 0 Å². The van der Waals surface area contributed by atoms with Gasteiger partial charge in [0.15, 0.2) is 0 Å². The summed E-state index contributed by atoms with van der Waals surface area (Å²) >= 11 is 0. The van der Waals surface area contributed by atoms with E-state index in [1.54, 1.807) is 0 Å². The molecule has 1 heterocycles. The summed E-state index contributed by atoms with van der Waals surface area (Å²) in [7, 11) is 0. The molecule has 0 spiro atoms. The first-order valence-electron chi connectivity index (χ1n) is 7.29. The van der Waals surface area contributed by atoms with E-state index in [4.69, 9.17) is 5.73 Å². The summed E-state index contributed by atoms with van der Waals surface area (Å²) in [6, 6.07) is 0.882. The summed E-state index contributed by atoms with van der Waals surface area (Å²) in [6.07, 6.45) is 9.91. The van der Waals surface area contributed by atoms with E-state index in [1.165, 1.54) is 58.0 Å². The molecule has 0 aromatic rings.